The third-order valence-corrected chi connectivity index (χ3v) is 3.82. The lowest BCUT2D eigenvalue weighted by Crippen LogP contribution is -2.25. The van der Waals surface area contributed by atoms with Crippen LogP contribution in [-0.2, 0) is 9.53 Å². The van der Waals surface area contributed by atoms with Crippen LogP contribution in [0, 0.1) is 34.6 Å². The second kappa shape index (κ2) is 5.53. The minimum absolute atomic E-state index is 0.355. The summed E-state index contributed by atoms with van der Waals surface area (Å²) in [5.41, 5.74) is 5.64. The molecule has 0 spiro atoms. The fraction of sp³-hybridized carbons (Fsp3) is 0.533. The van der Waals surface area contributed by atoms with Gasteiger partial charge in [-0.1, -0.05) is 0 Å². The fourth-order valence-corrected chi connectivity index (χ4v) is 1.90. The first kappa shape index (κ1) is 14.7. The van der Waals surface area contributed by atoms with Crippen molar-refractivity contribution in [2.45, 2.75) is 47.6 Å². The van der Waals surface area contributed by atoms with Crippen LogP contribution in [0.5, 0.6) is 5.75 Å². The van der Waals surface area contributed by atoms with Crippen molar-refractivity contribution in [1.29, 1.82) is 0 Å². The Hall–Kier alpha value is -1.35. The minimum Gasteiger partial charge on any atom is -0.424 e. The molecule has 18 heavy (non-hydrogen) atoms. The van der Waals surface area contributed by atoms with Crippen molar-refractivity contribution in [3.63, 3.8) is 0 Å². The lowest BCUT2D eigenvalue weighted by Gasteiger charge is -2.19. The monoisotopic (exact) mass is 250 g/mol. The van der Waals surface area contributed by atoms with Gasteiger partial charge in [0.2, 0.25) is 0 Å². The topological polar surface area (TPSA) is 35.5 Å². The first-order chi connectivity index (χ1) is 8.31. The van der Waals surface area contributed by atoms with Gasteiger partial charge in [0.1, 0.15) is 5.75 Å². The molecular weight excluding hydrogens is 228 g/mol. The van der Waals surface area contributed by atoms with E-state index < -0.39 is 6.10 Å². The molecule has 1 unspecified atom stereocenters. The lowest BCUT2D eigenvalue weighted by atomic mass is 9.94. The van der Waals surface area contributed by atoms with Gasteiger partial charge in [-0.3, -0.25) is 0 Å². The van der Waals surface area contributed by atoms with Gasteiger partial charge >= 0.3 is 5.97 Å². The molecule has 0 radical (unpaired) electrons. The SMILES string of the molecule is COC(C)C(=O)Oc1c(C)c(C)c(C)c(C)c1C. The standard InChI is InChI=1S/C15H22O3/c1-8-9(2)11(4)14(12(5)10(8)3)18-15(16)13(6)17-7/h13H,1-7H3. The zero-order valence-electron chi connectivity index (χ0n) is 12.3. The van der Waals surface area contributed by atoms with Crippen LogP contribution in [-0.4, -0.2) is 19.2 Å². The molecule has 1 aromatic carbocycles. The normalized spacial score (nSPS) is 12.4. The Morgan fingerprint density at radius 2 is 1.28 bits per heavy atom. The Bertz CT molecular complexity index is 446. The summed E-state index contributed by atoms with van der Waals surface area (Å²) in [6, 6.07) is 0. The molecule has 0 aliphatic rings. The number of rotatable bonds is 3. The number of methoxy groups -OCH3 is 1. The van der Waals surface area contributed by atoms with Crippen molar-refractivity contribution in [3.8, 4) is 5.75 Å². The van der Waals surface area contributed by atoms with Crippen LogP contribution >= 0.6 is 0 Å². The Labute approximate surface area is 109 Å². The van der Waals surface area contributed by atoms with Crippen molar-refractivity contribution in [3.05, 3.63) is 27.8 Å². The van der Waals surface area contributed by atoms with Crippen LogP contribution in [0.4, 0.5) is 0 Å². The number of esters is 1. The Balaban J connectivity index is 3.22. The van der Waals surface area contributed by atoms with E-state index in [4.69, 9.17) is 9.47 Å². The summed E-state index contributed by atoms with van der Waals surface area (Å²) >= 11 is 0. The van der Waals surface area contributed by atoms with Crippen molar-refractivity contribution in [2.75, 3.05) is 7.11 Å². The summed E-state index contributed by atoms with van der Waals surface area (Å²) in [4.78, 5) is 11.8. The Kier molecular flexibility index (Phi) is 4.52. The average molecular weight is 250 g/mol. The molecule has 3 heteroatoms. The van der Waals surface area contributed by atoms with E-state index in [0.29, 0.717) is 5.75 Å². The van der Waals surface area contributed by atoms with E-state index in [1.54, 1.807) is 6.92 Å². The molecule has 1 rings (SSSR count). The summed E-state index contributed by atoms with van der Waals surface area (Å²) in [5.74, 6) is 0.316. The first-order valence-corrected chi connectivity index (χ1v) is 6.12. The summed E-state index contributed by atoms with van der Waals surface area (Å²) in [6.07, 6.45) is -0.550. The highest BCUT2D eigenvalue weighted by Gasteiger charge is 2.19. The van der Waals surface area contributed by atoms with Gasteiger partial charge in [0.05, 0.1) is 0 Å². The van der Waals surface area contributed by atoms with E-state index >= 15 is 0 Å². The molecule has 0 amide bonds. The minimum atomic E-state index is -0.550. The van der Waals surface area contributed by atoms with Gasteiger partial charge in [-0.15, -0.1) is 0 Å². The maximum atomic E-state index is 11.8. The van der Waals surface area contributed by atoms with Gasteiger partial charge in [0.15, 0.2) is 6.10 Å². The van der Waals surface area contributed by atoms with E-state index in [1.807, 2.05) is 27.7 Å². The molecule has 3 nitrogen and oxygen atoms in total. The molecule has 0 N–H and O–H groups in total. The first-order valence-electron chi connectivity index (χ1n) is 6.12. The molecule has 0 aliphatic carbocycles. The summed E-state index contributed by atoms with van der Waals surface area (Å²) in [6.45, 7) is 11.8. The summed E-state index contributed by atoms with van der Waals surface area (Å²) < 4.78 is 10.5. The second-order valence-electron chi connectivity index (χ2n) is 4.75. The third-order valence-electron chi connectivity index (χ3n) is 3.82. The maximum absolute atomic E-state index is 11.8. The number of benzene rings is 1. The highest BCUT2D eigenvalue weighted by Crippen LogP contribution is 2.32. The van der Waals surface area contributed by atoms with Crippen LogP contribution in [0.25, 0.3) is 0 Å². The summed E-state index contributed by atoms with van der Waals surface area (Å²) in [5, 5.41) is 0. The highest BCUT2D eigenvalue weighted by molar-refractivity contribution is 5.78. The number of ether oxygens (including phenoxy) is 2. The predicted octanol–water partition coefficient (Wildman–Crippen LogP) is 3.17. The van der Waals surface area contributed by atoms with Crippen LogP contribution in [0.3, 0.4) is 0 Å². The van der Waals surface area contributed by atoms with E-state index in [-0.39, 0.29) is 5.97 Å². The molecule has 0 fully saturated rings. The van der Waals surface area contributed by atoms with E-state index in [1.165, 1.54) is 23.8 Å². The fourth-order valence-electron chi connectivity index (χ4n) is 1.90. The molecule has 0 saturated carbocycles. The smallest absolute Gasteiger partial charge is 0.340 e. The largest absolute Gasteiger partial charge is 0.424 e. The maximum Gasteiger partial charge on any atom is 0.340 e. The van der Waals surface area contributed by atoms with Gasteiger partial charge in [0, 0.05) is 7.11 Å². The number of carbonyl (C=O) groups is 1. The highest BCUT2D eigenvalue weighted by atomic mass is 16.6. The molecule has 0 heterocycles. The lowest BCUT2D eigenvalue weighted by molar-refractivity contribution is -0.144. The predicted molar refractivity (Wildman–Crippen MR) is 72.2 cm³/mol. The Morgan fingerprint density at radius 3 is 1.67 bits per heavy atom. The second-order valence-corrected chi connectivity index (χ2v) is 4.75. The zero-order valence-corrected chi connectivity index (χ0v) is 12.3. The summed E-state index contributed by atoms with van der Waals surface area (Å²) in [7, 11) is 1.50. The average Bonchev–Trinajstić information content (AvgIpc) is 2.37. The van der Waals surface area contributed by atoms with Crippen LogP contribution in [0.1, 0.15) is 34.7 Å². The molecule has 0 aromatic heterocycles. The van der Waals surface area contributed by atoms with Gasteiger partial charge in [-0.25, -0.2) is 4.79 Å². The van der Waals surface area contributed by atoms with Crippen molar-refractivity contribution in [2.24, 2.45) is 0 Å². The van der Waals surface area contributed by atoms with Gasteiger partial charge in [-0.2, -0.15) is 0 Å². The Morgan fingerprint density at radius 1 is 0.889 bits per heavy atom. The quantitative estimate of drug-likeness (QED) is 0.610. The van der Waals surface area contributed by atoms with E-state index in [2.05, 4.69) is 6.92 Å². The third kappa shape index (κ3) is 2.56. The molecule has 0 bridgehead atoms. The number of carbonyl (C=O) groups excluding carboxylic acids is 1. The molecule has 0 aliphatic heterocycles. The molecular formula is C15H22O3. The van der Waals surface area contributed by atoms with Gasteiger partial charge < -0.3 is 9.47 Å². The van der Waals surface area contributed by atoms with Crippen LogP contribution in [0.2, 0.25) is 0 Å². The zero-order chi connectivity index (χ0) is 14.0. The van der Waals surface area contributed by atoms with Gasteiger partial charge in [0.25, 0.3) is 0 Å². The van der Waals surface area contributed by atoms with Crippen molar-refractivity contribution < 1.29 is 14.3 Å². The number of hydrogen-bond acceptors (Lipinski definition) is 3. The molecule has 0 saturated heterocycles. The van der Waals surface area contributed by atoms with E-state index in [9.17, 15) is 4.79 Å². The van der Waals surface area contributed by atoms with E-state index in [0.717, 1.165) is 11.1 Å². The molecule has 100 valence electrons. The number of hydrogen-bond donors (Lipinski definition) is 0. The molecule has 1 aromatic rings. The molecule has 1 atom stereocenters. The van der Waals surface area contributed by atoms with Crippen molar-refractivity contribution in [1.82, 2.24) is 0 Å². The van der Waals surface area contributed by atoms with Crippen LogP contribution in [0.15, 0.2) is 0 Å². The van der Waals surface area contributed by atoms with Crippen molar-refractivity contribution >= 4 is 5.97 Å². The van der Waals surface area contributed by atoms with Crippen LogP contribution < -0.4 is 4.74 Å². The van der Waals surface area contributed by atoms with Gasteiger partial charge in [-0.05, 0) is 69.4 Å².